The molecular weight excluding hydrogens is 138 g/mol. The van der Waals surface area contributed by atoms with Gasteiger partial charge in [-0.2, -0.15) is 4.99 Å². The van der Waals surface area contributed by atoms with Crippen LogP contribution in [0.5, 0.6) is 0 Å². The maximum atomic E-state index is 10.3. The number of nitrogens with zero attached hydrogens (tertiary/aromatic N) is 1. The summed E-state index contributed by atoms with van der Waals surface area (Å²) in [5.41, 5.74) is 0. The number of carbonyl (C=O) groups excluding carboxylic acids is 2. The molecule has 0 radical (unpaired) electrons. The molecule has 1 N–H and O–H groups in total. The van der Waals surface area contributed by atoms with Gasteiger partial charge in [-0.25, -0.2) is 4.79 Å². The third-order valence-corrected chi connectivity index (χ3v) is 1.04. The smallest absolute Gasteiger partial charge is 0.434 e. The highest BCUT2D eigenvalue weighted by Crippen LogP contribution is 2.02. The Balaban J connectivity index is 2.70. The van der Waals surface area contributed by atoms with Crippen molar-refractivity contribution < 1.29 is 19.4 Å². The normalized spacial score (nSPS) is 31.5. The number of amides is 1. The summed E-state index contributed by atoms with van der Waals surface area (Å²) < 4.78 is 4.29. The van der Waals surface area contributed by atoms with Gasteiger partial charge in [-0.3, -0.25) is 4.79 Å². The van der Waals surface area contributed by atoms with E-state index < -0.39 is 18.3 Å². The van der Waals surface area contributed by atoms with Crippen molar-refractivity contribution in [2.24, 2.45) is 4.99 Å². The van der Waals surface area contributed by atoms with Crippen molar-refractivity contribution in [3.05, 3.63) is 0 Å². The second kappa shape index (κ2) is 2.57. The average molecular weight is 143 g/mol. The Hall–Kier alpha value is -1.23. The van der Waals surface area contributed by atoms with E-state index >= 15 is 0 Å². The first-order valence-electron chi connectivity index (χ1n) is 2.62. The highest BCUT2D eigenvalue weighted by molar-refractivity contribution is 5.87. The van der Waals surface area contributed by atoms with E-state index in [0.29, 0.717) is 6.29 Å². The number of aliphatic imine (C=N–C) groups is 1. The number of aldehydes is 1. The summed E-state index contributed by atoms with van der Waals surface area (Å²) in [6.45, 7) is 0. The monoisotopic (exact) mass is 143 g/mol. The number of aliphatic hydroxyl groups excluding tert-OH is 1. The van der Waals surface area contributed by atoms with Crippen molar-refractivity contribution in [1.29, 1.82) is 0 Å². The van der Waals surface area contributed by atoms with Crippen LogP contribution in [-0.4, -0.2) is 35.9 Å². The fourth-order valence-electron chi connectivity index (χ4n) is 0.547. The third-order valence-electron chi connectivity index (χ3n) is 1.04. The maximum absolute atomic E-state index is 10.3. The second-order valence-corrected chi connectivity index (χ2v) is 1.75. The summed E-state index contributed by atoms with van der Waals surface area (Å²) >= 11 is 0. The lowest BCUT2D eigenvalue weighted by molar-refractivity contribution is -0.118. The highest BCUT2D eigenvalue weighted by atomic mass is 16.6. The largest absolute Gasteiger partial charge is 0.434 e. The van der Waals surface area contributed by atoms with E-state index in [-0.39, 0.29) is 0 Å². The number of ether oxygens (including phenoxy) is 1. The minimum absolute atomic E-state index is 0.355. The lowest BCUT2D eigenvalue weighted by Gasteiger charge is -2.16. The SMILES string of the molecule is O=CC1OC(=O)N=CC1O. The van der Waals surface area contributed by atoms with Crippen LogP contribution >= 0.6 is 0 Å². The molecule has 0 saturated carbocycles. The van der Waals surface area contributed by atoms with Gasteiger partial charge in [0.25, 0.3) is 0 Å². The molecule has 5 heteroatoms. The molecule has 10 heavy (non-hydrogen) atoms. The summed E-state index contributed by atoms with van der Waals surface area (Å²) in [7, 11) is 0. The van der Waals surface area contributed by atoms with Gasteiger partial charge in [-0.1, -0.05) is 0 Å². The van der Waals surface area contributed by atoms with Gasteiger partial charge in [0.2, 0.25) is 0 Å². The molecule has 2 atom stereocenters. The van der Waals surface area contributed by atoms with Crippen molar-refractivity contribution in [2.75, 3.05) is 0 Å². The summed E-state index contributed by atoms with van der Waals surface area (Å²) in [5.74, 6) is 0. The van der Waals surface area contributed by atoms with Crippen LogP contribution < -0.4 is 0 Å². The Morgan fingerprint density at radius 3 is 3.00 bits per heavy atom. The molecule has 0 aromatic rings. The quantitative estimate of drug-likeness (QED) is 0.484. The Morgan fingerprint density at radius 1 is 1.80 bits per heavy atom. The minimum Gasteiger partial charge on any atom is -0.434 e. The van der Waals surface area contributed by atoms with Crippen molar-refractivity contribution >= 4 is 18.6 Å². The maximum Gasteiger partial charge on any atom is 0.434 e. The third kappa shape index (κ3) is 1.19. The van der Waals surface area contributed by atoms with E-state index in [1.807, 2.05) is 0 Å². The van der Waals surface area contributed by atoms with Gasteiger partial charge in [0.1, 0.15) is 6.10 Å². The van der Waals surface area contributed by atoms with Crippen molar-refractivity contribution in [2.45, 2.75) is 12.2 Å². The van der Waals surface area contributed by atoms with E-state index in [1.54, 1.807) is 0 Å². The molecule has 1 aliphatic heterocycles. The number of hydrogen-bond donors (Lipinski definition) is 1. The number of carbonyl (C=O) groups is 2. The molecule has 1 heterocycles. The molecule has 0 bridgehead atoms. The van der Waals surface area contributed by atoms with Gasteiger partial charge < -0.3 is 9.84 Å². The molecule has 0 aromatic heterocycles. The zero-order chi connectivity index (χ0) is 7.56. The summed E-state index contributed by atoms with van der Waals surface area (Å²) in [6.07, 6.45) is -1.71. The van der Waals surface area contributed by atoms with Gasteiger partial charge in [0.05, 0.1) is 0 Å². The van der Waals surface area contributed by atoms with Crippen LogP contribution in [0.3, 0.4) is 0 Å². The standard InChI is InChI=1S/C5H5NO4/c7-2-4-3(8)1-6-5(9)10-4/h1-4,8H. The van der Waals surface area contributed by atoms with E-state index in [9.17, 15) is 9.59 Å². The number of hydrogen-bond acceptors (Lipinski definition) is 4. The van der Waals surface area contributed by atoms with Crippen molar-refractivity contribution in [3.8, 4) is 0 Å². The van der Waals surface area contributed by atoms with Crippen LogP contribution in [-0.2, 0) is 9.53 Å². The van der Waals surface area contributed by atoms with Crippen LogP contribution in [0.15, 0.2) is 4.99 Å². The molecule has 1 aliphatic rings. The molecule has 0 aliphatic carbocycles. The van der Waals surface area contributed by atoms with E-state index in [0.717, 1.165) is 6.21 Å². The number of rotatable bonds is 1. The molecule has 1 rings (SSSR count). The van der Waals surface area contributed by atoms with Gasteiger partial charge in [-0.15, -0.1) is 0 Å². The van der Waals surface area contributed by atoms with Crippen molar-refractivity contribution in [1.82, 2.24) is 0 Å². The van der Waals surface area contributed by atoms with Gasteiger partial charge in [0.15, 0.2) is 12.4 Å². The fourth-order valence-corrected chi connectivity index (χ4v) is 0.547. The number of aliphatic hydroxyl groups is 1. The second-order valence-electron chi connectivity index (χ2n) is 1.75. The zero-order valence-corrected chi connectivity index (χ0v) is 4.93. The van der Waals surface area contributed by atoms with E-state index in [1.165, 1.54) is 0 Å². The Kier molecular flexibility index (Phi) is 1.77. The van der Waals surface area contributed by atoms with Crippen LogP contribution in [0.4, 0.5) is 4.79 Å². The lowest BCUT2D eigenvalue weighted by atomic mass is 10.2. The van der Waals surface area contributed by atoms with Crippen LogP contribution in [0.2, 0.25) is 0 Å². The molecular formula is C5H5NO4. The van der Waals surface area contributed by atoms with Crippen LogP contribution in [0.25, 0.3) is 0 Å². The topological polar surface area (TPSA) is 76.0 Å². The Labute approximate surface area is 56.3 Å². The molecule has 0 spiro atoms. The lowest BCUT2D eigenvalue weighted by Crippen LogP contribution is -2.36. The molecule has 0 saturated heterocycles. The first-order chi connectivity index (χ1) is 4.74. The molecule has 0 fully saturated rings. The predicted molar refractivity (Wildman–Crippen MR) is 30.8 cm³/mol. The molecule has 0 aromatic carbocycles. The molecule has 54 valence electrons. The first-order valence-corrected chi connectivity index (χ1v) is 2.62. The molecule has 5 nitrogen and oxygen atoms in total. The van der Waals surface area contributed by atoms with Crippen LogP contribution in [0, 0.1) is 0 Å². The predicted octanol–water partition coefficient (Wildman–Crippen LogP) is -0.864. The highest BCUT2D eigenvalue weighted by Gasteiger charge is 2.24. The van der Waals surface area contributed by atoms with Gasteiger partial charge in [0, 0.05) is 6.21 Å². The van der Waals surface area contributed by atoms with Gasteiger partial charge in [-0.05, 0) is 0 Å². The molecule has 1 amide bonds. The Bertz CT molecular complexity index is 188. The van der Waals surface area contributed by atoms with E-state index in [4.69, 9.17) is 5.11 Å². The zero-order valence-electron chi connectivity index (χ0n) is 4.93. The fraction of sp³-hybridized carbons (Fsp3) is 0.400. The summed E-state index contributed by atoms with van der Waals surface area (Å²) in [6, 6.07) is 0. The van der Waals surface area contributed by atoms with Crippen molar-refractivity contribution in [3.63, 3.8) is 0 Å². The first kappa shape index (κ1) is 6.88. The minimum atomic E-state index is -1.10. The van der Waals surface area contributed by atoms with Crippen LogP contribution in [0.1, 0.15) is 0 Å². The number of cyclic esters (lactones) is 1. The summed E-state index contributed by atoms with van der Waals surface area (Å²) in [5, 5.41) is 8.83. The Morgan fingerprint density at radius 2 is 2.50 bits per heavy atom. The average Bonchev–Trinajstić information content (AvgIpc) is 1.94. The summed E-state index contributed by atoms with van der Waals surface area (Å²) in [4.78, 5) is 23.4. The van der Waals surface area contributed by atoms with Gasteiger partial charge >= 0.3 is 6.09 Å². The molecule has 2 unspecified atom stereocenters. The van der Waals surface area contributed by atoms with E-state index in [2.05, 4.69) is 9.73 Å².